The van der Waals surface area contributed by atoms with Gasteiger partial charge in [0.1, 0.15) is 11.5 Å². The number of nitrogens with zero attached hydrogens (tertiary/aromatic N) is 3. The number of hydrogen-bond acceptors (Lipinski definition) is 6. The van der Waals surface area contributed by atoms with Crippen LogP contribution in [0.15, 0.2) is 53.3 Å². The lowest BCUT2D eigenvalue weighted by atomic mass is 10.2. The van der Waals surface area contributed by atoms with Crippen molar-refractivity contribution in [2.75, 3.05) is 13.2 Å². The lowest BCUT2D eigenvalue weighted by Gasteiger charge is -2.07. The van der Waals surface area contributed by atoms with Crippen LogP contribution >= 0.6 is 11.3 Å². The van der Waals surface area contributed by atoms with Crippen molar-refractivity contribution in [3.05, 3.63) is 69.0 Å². The molecule has 6 nitrogen and oxygen atoms in total. The van der Waals surface area contributed by atoms with E-state index in [9.17, 15) is 4.79 Å². The van der Waals surface area contributed by atoms with E-state index in [1.54, 1.807) is 0 Å². The summed E-state index contributed by atoms with van der Waals surface area (Å²) in [6.45, 7) is 5.45. The van der Waals surface area contributed by atoms with Crippen molar-refractivity contribution in [1.29, 1.82) is 0 Å². The molecule has 7 heteroatoms. The molecule has 0 saturated heterocycles. The third kappa shape index (κ3) is 4.21. The van der Waals surface area contributed by atoms with E-state index in [1.165, 1.54) is 15.9 Å². The van der Waals surface area contributed by atoms with Crippen LogP contribution in [0.2, 0.25) is 0 Å². The summed E-state index contributed by atoms with van der Waals surface area (Å²) in [6.07, 6.45) is 3.72. The van der Waals surface area contributed by atoms with Gasteiger partial charge in [-0.25, -0.2) is 0 Å². The SMILES string of the molecule is CCCOc1ccc(-c2nc3s/c(=C\c4ccccc4OCCC)c(=O)n3n2)cc1. The van der Waals surface area contributed by atoms with Crippen molar-refractivity contribution in [2.24, 2.45) is 0 Å². The Balaban J connectivity index is 1.65. The maximum Gasteiger partial charge on any atom is 0.291 e. The molecule has 0 spiro atoms. The molecule has 0 radical (unpaired) electrons. The van der Waals surface area contributed by atoms with Crippen molar-refractivity contribution < 1.29 is 9.47 Å². The smallest absolute Gasteiger partial charge is 0.291 e. The molecule has 0 aliphatic carbocycles. The lowest BCUT2D eigenvalue weighted by Crippen LogP contribution is -2.23. The van der Waals surface area contributed by atoms with Gasteiger partial charge in [0.05, 0.1) is 17.7 Å². The minimum atomic E-state index is -0.179. The van der Waals surface area contributed by atoms with Gasteiger partial charge < -0.3 is 9.47 Å². The normalized spacial score (nSPS) is 11.9. The summed E-state index contributed by atoms with van der Waals surface area (Å²) >= 11 is 1.32. The summed E-state index contributed by atoms with van der Waals surface area (Å²) < 4.78 is 13.3. The Labute approximate surface area is 178 Å². The van der Waals surface area contributed by atoms with E-state index < -0.39 is 0 Å². The summed E-state index contributed by atoms with van der Waals surface area (Å²) in [5, 5.41) is 4.42. The first kappa shape index (κ1) is 20.1. The molecule has 2 heterocycles. The molecule has 154 valence electrons. The second-order valence-electron chi connectivity index (χ2n) is 6.80. The first-order chi connectivity index (χ1) is 14.7. The van der Waals surface area contributed by atoms with E-state index in [-0.39, 0.29) is 5.56 Å². The van der Waals surface area contributed by atoms with Gasteiger partial charge in [0, 0.05) is 11.1 Å². The minimum Gasteiger partial charge on any atom is -0.494 e. The fraction of sp³-hybridized carbons (Fsp3) is 0.261. The molecule has 0 atom stereocenters. The highest BCUT2D eigenvalue weighted by atomic mass is 32.1. The van der Waals surface area contributed by atoms with Gasteiger partial charge in [0.25, 0.3) is 5.56 Å². The van der Waals surface area contributed by atoms with Crippen LogP contribution < -0.4 is 19.6 Å². The minimum absolute atomic E-state index is 0.179. The second kappa shape index (κ2) is 9.09. The van der Waals surface area contributed by atoms with Gasteiger partial charge in [-0.2, -0.15) is 9.50 Å². The Kier molecular flexibility index (Phi) is 6.09. The fourth-order valence-electron chi connectivity index (χ4n) is 2.96. The van der Waals surface area contributed by atoms with Gasteiger partial charge in [-0.1, -0.05) is 43.4 Å². The topological polar surface area (TPSA) is 65.7 Å². The zero-order valence-electron chi connectivity index (χ0n) is 17.0. The number of fused-ring (bicyclic) bond motifs is 1. The van der Waals surface area contributed by atoms with Gasteiger partial charge in [-0.3, -0.25) is 4.79 Å². The number of hydrogen-bond donors (Lipinski definition) is 0. The van der Waals surface area contributed by atoms with Crippen molar-refractivity contribution in [3.8, 4) is 22.9 Å². The number of para-hydroxylation sites is 1. The first-order valence-electron chi connectivity index (χ1n) is 10.1. The average Bonchev–Trinajstić information content (AvgIpc) is 3.31. The summed E-state index contributed by atoms with van der Waals surface area (Å²) in [7, 11) is 0. The zero-order chi connectivity index (χ0) is 20.9. The summed E-state index contributed by atoms with van der Waals surface area (Å²) in [5.74, 6) is 2.11. The molecule has 0 aliphatic rings. The van der Waals surface area contributed by atoms with E-state index >= 15 is 0 Å². The van der Waals surface area contributed by atoms with Gasteiger partial charge in [-0.15, -0.1) is 5.10 Å². The van der Waals surface area contributed by atoms with Gasteiger partial charge in [-0.05, 0) is 49.2 Å². The molecule has 0 fully saturated rings. The highest BCUT2D eigenvalue weighted by Crippen LogP contribution is 2.21. The molecule has 0 aliphatic heterocycles. The van der Waals surface area contributed by atoms with Crippen molar-refractivity contribution in [2.45, 2.75) is 26.7 Å². The Hall–Kier alpha value is -3.19. The van der Waals surface area contributed by atoms with Crippen LogP contribution in [0.5, 0.6) is 11.5 Å². The molecule has 4 aromatic rings. The molecule has 2 aromatic heterocycles. The quantitative estimate of drug-likeness (QED) is 0.431. The summed E-state index contributed by atoms with van der Waals surface area (Å²) in [4.78, 5) is 18.0. The Bertz CT molecular complexity index is 1250. The largest absolute Gasteiger partial charge is 0.494 e. The average molecular weight is 422 g/mol. The van der Waals surface area contributed by atoms with Crippen molar-refractivity contribution >= 4 is 22.4 Å². The van der Waals surface area contributed by atoms with Crippen LogP contribution in [0.3, 0.4) is 0 Å². The standard InChI is InChI=1S/C23H23N3O3S/c1-3-13-28-18-11-9-16(10-12-18)21-24-23-26(25-21)22(27)20(30-23)15-17-7-5-6-8-19(17)29-14-4-2/h5-12,15H,3-4,13-14H2,1-2H3/b20-15-. The van der Waals surface area contributed by atoms with Crippen molar-refractivity contribution in [3.63, 3.8) is 0 Å². The van der Waals surface area contributed by atoms with Crippen LogP contribution in [-0.4, -0.2) is 27.8 Å². The van der Waals surface area contributed by atoms with E-state index in [4.69, 9.17) is 9.47 Å². The van der Waals surface area contributed by atoms with Crippen molar-refractivity contribution in [1.82, 2.24) is 14.6 Å². The molecule has 30 heavy (non-hydrogen) atoms. The molecule has 0 bridgehead atoms. The predicted octanol–water partition coefficient (Wildman–Crippen LogP) is 3.94. The monoisotopic (exact) mass is 421 g/mol. The number of benzene rings is 2. The van der Waals surface area contributed by atoms with Gasteiger partial charge >= 0.3 is 0 Å². The third-order valence-electron chi connectivity index (χ3n) is 4.43. The first-order valence-corrected chi connectivity index (χ1v) is 10.9. The maximum atomic E-state index is 12.9. The molecule has 0 unspecified atom stereocenters. The van der Waals surface area contributed by atoms with Crippen LogP contribution in [0.4, 0.5) is 0 Å². The molecule has 0 N–H and O–H groups in total. The fourth-order valence-corrected chi connectivity index (χ4v) is 3.86. The zero-order valence-corrected chi connectivity index (χ0v) is 17.8. The third-order valence-corrected chi connectivity index (χ3v) is 5.39. The number of ether oxygens (including phenoxy) is 2. The molecular formula is C23H23N3O3S. The van der Waals surface area contributed by atoms with E-state index in [0.717, 1.165) is 35.5 Å². The van der Waals surface area contributed by atoms with E-state index in [0.29, 0.717) is 28.5 Å². The molecule has 0 amide bonds. The number of rotatable bonds is 8. The number of thiazole rings is 1. The van der Waals surface area contributed by atoms with Crippen LogP contribution in [0, 0.1) is 0 Å². The Morgan fingerprint density at radius 3 is 2.47 bits per heavy atom. The lowest BCUT2D eigenvalue weighted by molar-refractivity contribution is 0.317. The molecule has 4 rings (SSSR count). The second-order valence-corrected chi connectivity index (χ2v) is 7.81. The Morgan fingerprint density at radius 2 is 1.73 bits per heavy atom. The molecule has 0 saturated carbocycles. The summed E-state index contributed by atoms with van der Waals surface area (Å²) in [5.41, 5.74) is 1.54. The van der Waals surface area contributed by atoms with Crippen LogP contribution in [-0.2, 0) is 0 Å². The predicted molar refractivity (Wildman–Crippen MR) is 119 cm³/mol. The van der Waals surface area contributed by atoms with Gasteiger partial charge in [0.2, 0.25) is 4.96 Å². The molecule has 2 aromatic carbocycles. The van der Waals surface area contributed by atoms with Gasteiger partial charge in [0.15, 0.2) is 5.82 Å². The maximum absolute atomic E-state index is 12.9. The van der Waals surface area contributed by atoms with Crippen LogP contribution in [0.25, 0.3) is 22.4 Å². The van der Waals surface area contributed by atoms with E-state index in [2.05, 4.69) is 23.9 Å². The highest BCUT2D eigenvalue weighted by molar-refractivity contribution is 7.15. The summed E-state index contributed by atoms with van der Waals surface area (Å²) in [6, 6.07) is 15.3. The van der Waals surface area contributed by atoms with Crippen LogP contribution in [0.1, 0.15) is 32.3 Å². The number of aromatic nitrogens is 3. The Morgan fingerprint density at radius 1 is 1.00 bits per heavy atom. The molecular weight excluding hydrogens is 398 g/mol. The van der Waals surface area contributed by atoms with E-state index in [1.807, 2.05) is 54.6 Å². The highest BCUT2D eigenvalue weighted by Gasteiger charge is 2.12.